The third-order valence-electron chi connectivity index (χ3n) is 4.74. The third-order valence-corrected chi connectivity index (χ3v) is 5.72. The van der Waals surface area contributed by atoms with Crippen LogP contribution in [0, 0.1) is 0 Å². The number of piperidine rings is 1. The van der Waals surface area contributed by atoms with Gasteiger partial charge in [-0.25, -0.2) is 0 Å². The van der Waals surface area contributed by atoms with Gasteiger partial charge in [0.1, 0.15) is 5.75 Å². The zero-order valence-corrected chi connectivity index (χ0v) is 14.6. The summed E-state index contributed by atoms with van der Waals surface area (Å²) >= 11 is 1.88. The average Bonchev–Trinajstić information content (AvgIpc) is 2.97. The molecular weight excluding hydrogens is 290 g/mol. The highest BCUT2D eigenvalue weighted by atomic mass is 32.1. The Morgan fingerprint density at radius 2 is 2.05 bits per heavy atom. The van der Waals surface area contributed by atoms with Crippen molar-refractivity contribution in [3.05, 3.63) is 29.1 Å². The summed E-state index contributed by atoms with van der Waals surface area (Å²) in [7, 11) is 0. The minimum Gasteiger partial charge on any atom is -0.494 e. The van der Waals surface area contributed by atoms with Gasteiger partial charge in [0.2, 0.25) is 0 Å². The minimum absolute atomic E-state index is 0.725. The smallest absolute Gasteiger partial charge is 0.119 e. The molecule has 0 spiro atoms. The Morgan fingerprint density at radius 3 is 2.77 bits per heavy atom. The van der Waals surface area contributed by atoms with Gasteiger partial charge in [-0.2, -0.15) is 0 Å². The second-order valence-electron chi connectivity index (χ2n) is 6.25. The van der Waals surface area contributed by atoms with Crippen molar-refractivity contribution in [3.63, 3.8) is 0 Å². The van der Waals surface area contributed by atoms with Gasteiger partial charge in [-0.3, -0.25) is 0 Å². The molecule has 0 saturated carbocycles. The Balaban J connectivity index is 1.72. The summed E-state index contributed by atoms with van der Waals surface area (Å²) < 4.78 is 7.08. The van der Waals surface area contributed by atoms with Crippen LogP contribution in [0.4, 0.5) is 0 Å². The number of rotatable bonds is 6. The van der Waals surface area contributed by atoms with E-state index in [2.05, 4.69) is 35.4 Å². The van der Waals surface area contributed by atoms with Gasteiger partial charge in [-0.05, 0) is 86.3 Å². The molecule has 0 unspecified atom stereocenters. The first-order valence-electron chi connectivity index (χ1n) is 8.68. The van der Waals surface area contributed by atoms with Crippen LogP contribution >= 0.6 is 11.3 Å². The predicted molar refractivity (Wildman–Crippen MR) is 96.3 cm³/mol. The van der Waals surface area contributed by atoms with E-state index in [4.69, 9.17) is 4.74 Å². The van der Waals surface area contributed by atoms with Gasteiger partial charge in [0.05, 0.1) is 6.61 Å². The van der Waals surface area contributed by atoms with Crippen LogP contribution in [0.2, 0.25) is 0 Å². The molecule has 1 aromatic carbocycles. The van der Waals surface area contributed by atoms with Gasteiger partial charge in [-0.15, -0.1) is 11.3 Å². The highest BCUT2D eigenvalue weighted by Crippen LogP contribution is 2.38. The van der Waals surface area contributed by atoms with Gasteiger partial charge in [0, 0.05) is 4.70 Å². The second kappa shape index (κ2) is 7.47. The number of thiophene rings is 1. The summed E-state index contributed by atoms with van der Waals surface area (Å²) in [5.41, 5.74) is 1.55. The zero-order valence-electron chi connectivity index (χ0n) is 13.8. The van der Waals surface area contributed by atoms with Crippen LogP contribution in [0.1, 0.15) is 51.0 Å². The van der Waals surface area contributed by atoms with Gasteiger partial charge in [0.15, 0.2) is 0 Å². The lowest BCUT2D eigenvalue weighted by Gasteiger charge is -2.31. The molecule has 0 amide bonds. The molecule has 3 heteroatoms. The highest BCUT2D eigenvalue weighted by molar-refractivity contribution is 7.17. The van der Waals surface area contributed by atoms with E-state index in [9.17, 15) is 0 Å². The summed E-state index contributed by atoms with van der Waals surface area (Å²) in [6.07, 6.45) is 5.24. The Hall–Kier alpha value is -1.06. The Labute approximate surface area is 138 Å². The number of unbranched alkanes of at least 4 members (excludes halogenated alkanes) is 1. The van der Waals surface area contributed by atoms with Crippen molar-refractivity contribution < 1.29 is 4.74 Å². The maximum atomic E-state index is 5.68. The SMILES string of the molecule is CCCCN1CCC(c2csc3ccc(OCC)cc23)CC1. The Kier molecular flexibility index (Phi) is 5.37. The molecule has 1 aromatic heterocycles. The zero-order chi connectivity index (χ0) is 15.4. The highest BCUT2D eigenvalue weighted by Gasteiger charge is 2.22. The van der Waals surface area contributed by atoms with Crippen molar-refractivity contribution in [3.8, 4) is 5.75 Å². The third kappa shape index (κ3) is 3.47. The first kappa shape index (κ1) is 15.8. The summed E-state index contributed by atoms with van der Waals surface area (Å²) in [5.74, 6) is 1.73. The molecule has 0 aliphatic carbocycles. The molecule has 0 bridgehead atoms. The van der Waals surface area contributed by atoms with E-state index in [1.54, 1.807) is 5.56 Å². The molecule has 22 heavy (non-hydrogen) atoms. The molecule has 0 N–H and O–H groups in total. The molecule has 120 valence electrons. The van der Waals surface area contributed by atoms with E-state index in [0.29, 0.717) is 0 Å². The topological polar surface area (TPSA) is 12.5 Å². The van der Waals surface area contributed by atoms with E-state index in [0.717, 1.165) is 18.3 Å². The van der Waals surface area contributed by atoms with Gasteiger partial charge >= 0.3 is 0 Å². The summed E-state index contributed by atoms with van der Waals surface area (Å²) in [4.78, 5) is 2.64. The summed E-state index contributed by atoms with van der Waals surface area (Å²) in [6, 6.07) is 6.55. The number of hydrogen-bond acceptors (Lipinski definition) is 3. The normalized spacial score (nSPS) is 17.2. The number of ether oxygens (including phenoxy) is 1. The van der Waals surface area contributed by atoms with E-state index in [-0.39, 0.29) is 0 Å². The lowest BCUT2D eigenvalue weighted by molar-refractivity contribution is 0.210. The molecule has 1 aliphatic heterocycles. The monoisotopic (exact) mass is 317 g/mol. The summed E-state index contributed by atoms with van der Waals surface area (Å²) in [6.45, 7) is 8.86. The molecule has 0 atom stereocenters. The lowest BCUT2D eigenvalue weighted by atomic mass is 9.89. The van der Waals surface area contributed by atoms with Gasteiger partial charge < -0.3 is 9.64 Å². The predicted octanol–water partition coefficient (Wildman–Crippen LogP) is 5.28. The molecule has 1 saturated heterocycles. The standard InChI is InChI=1S/C19H27NOS/c1-3-5-10-20-11-8-15(9-12-20)18-14-22-19-7-6-16(21-4-2)13-17(18)19/h6-7,13-15H,3-5,8-12H2,1-2H3. The van der Waals surface area contributed by atoms with Crippen molar-refractivity contribution in [2.75, 3.05) is 26.2 Å². The quantitative estimate of drug-likeness (QED) is 0.718. The van der Waals surface area contributed by atoms with Crippen molar-refractivity contribution in [2.24, 2.45) is 0 Å². The number of hydrogen-bond donors (Lipinski definition) is 0. The maximum absolute atomic E-state index is 5.68. The van der Waals surface area contributed by atoms with Crippen molar-refractivity contribution in [1.29, 1.82) is 0 Å². The number of nitrogens with zero attached hydrogens (tertiary/aromatic N) is 1. The molecular formula is C19H27NOS. The Morgan fingerprint density at radius 1 is 1.23 bits per heavy atom. The van der Waals surface area contributed by atoms with Crippen LogP contribution in [-0.2, 0) is 0 Å². The number of fused-ring (bicyclic) bond motifs is 1. The van der Waals surface area contributed by atoms with Crippen LogP contribution in [0.15, 0.2) is 23.6 Å². The molecule has 2 nitrogen and oxygen atoms in total. The molecule has 2 aromatic rings. The summed E-state index contributed by atoms with van der Waals surface area (Å²) in [5, 5.41) is 3.80. The van der Waals surface area contributed by atoms with Crippen LogP contribution in [0.25, 0.3) is 10.1 Å². The largest absolute Gasteiger partial charge is 0.494 e. The fraction of sp³-hybridized carbons (Fsp3) is 0.579. The Bertz CT molecular complexity index is 599. The van der Waals surface area contributed by atoms with E-state index in [1.165, 1.54) is 55.4 Å². The minimum atomic E-state index is 0.725. The molecule has 1 aliphatic rings. The molecule has 0 radical (unpaired) electrons. The van der Waals surface area contributed by atoms with Crippen LogP contribution < -0.4 is 4.74 Å². The van der Waals surface area contributed by atoms with Gasteiger partial charge in [-0.1, -0.05) is 13.3 Å². The fourth-order valence-corrected chi connectivity index (χ4v) is 4.47. The van der Waals surface area contributed by atoms with E-state index >= 15 is 0 Å². The molecule has 3 rings (SSSR count). The van der Waals surface area contributed by atoms with E-state index in [1.807, 2.05) is 18.3 Å². The lowest BCUT2D eigenvalue weighted by Crippen LogP contribution is -2.33. The fourth-order valence-electron chi connectivity index (χ4n) is 3.45. The maximum Gasteiger partial charge on any atom is 0.119 e. The molecule has 2 heterocycles. The van der Waals surface area contributed by atoms with Crippen LogP contribution in [0.3, 0.4) is 0 Å². The average molecular weight is 317 g/mol. The van der Waals surface area contributed by atoms with Crippen molar-refractivity contribution in [1.82, 2.24) is 4.90 Å². The van der Waals surface area contributed by atoms with Crippen LogP contribution in [-0.4, -0.2) is 31.1 Å². The second-order valence-corrected chi connectivity index (χ2v) is 7.16. The number of benzene rings is 1. The first-order chi connectivity index (χ1) is 10.8. The van der Waals surface area contributed by atoms with Gasteiger partial charge in [0.25, 0.3) is 0 Å². The van der Waals surface area contributed by atoms with E-state index < -0.39 is 0 Å². The van der Waals surface area contributed by atoms with Crippen molar-refractivity contribution in [2.45, 2.75) is 45.4 Å². The number of likely N-dealkylation sites (tertiary alicyclic amines) is 1. The van der Waals surface area contributed by atoms with Crippen LogP contribution in [0.5, 0.6) is 5.75 Å². The van der Waals surface area contributed by atoms with Crippen molar-refractivity contribution >= 4 is 21.4 Å². The first-order valence-corrected chi connectivity index (χ1v) is 9.56. The molecule has 1 fully saturated rings.